The molecule has 0 saturated carbocycles. The molecule has 136 valence electrons. The van der Waals surface area contributed by atoms with Gasteiger partial charge in [0.1, 0.15) is 0 Å². The first-order chi connectivity index (χ1) is 12.4. The van der Waals surface area contributed by atoms with E-state index in [0.717, 1.165) is 11.1 Å². The molecular weight excluding hydrogens is 374 g/mol. The van der Waals surface area contributed by atoms with Gasteiger partial charge in [0, 0.05) is 17.9 Å². The van der Waals surface area contributed by atoms with Crippen molar-refractivity contribution in [3.63, 3.8) is 0 Å². The van der Waals surface area contributed by atoms with Crippen molar-refractivity contribution in [2.45, 2.75) is 17.6 Å². The molecule has 0 atom stereocenters. The molecule has 7 nitrogen and oxygen atoms in total. The molecule has 0 unspecified atom stereocenters. The van der Waals surface area contributed by atoms with Crippen LogP contribution in [0.5, 0.6) is 0 Å². The number of sulfonamides is 1. The first-order valence-electron chi connectivity index (χ1n) is 7.88. The van der Waals surface area contributed by atoms with Crippen LogP contribution in [0.15, 0.2) is 58.4 Å². The molecule has 2 aromatic carbocycles. The smallest absolute Gasteiger partial charge is 0.260 e. The molecule has 9 heteroatoms. The number of benzene rings is 2. The maximum absolute atomic E-state index is 12.9. The van der Waals surface area contributed by atoms with Crippen molar-refractivity contribution in [1.82, 2.24) is 4.31 Å². The third-order valence-corrected chi connectivity index (χ3v) is 6.85. The zero-order valence-electron chi connectivity index (χ0n) is 14.0. The fraction of sp³-hybridized carbons (Fsp3) is 0.235. The van der Waals surface area contributed by atoms with Gasteiger partial charge < -0.3 is 0 Å². The Labute approximate surface area is 155 Å². The van der Waals surface area contributed by atoms with Gasteiger partial charge >= 0.3 is 0 Å². The molecule has 0 N–H and O–H groups in total. The largest absolute Gasteiger partial charge is 0.269 e. The second kappa shape index (κ2) is 7.46. The minimum Gasteiger partial charge on any atom is -0.260 e. The van der Waals surface area contributed by atoms with Crippen molar-refractivity contribution in [2.75, 3.05) is 13.1 Å². The summed E-state index contributed by atoms with van der Waals surface area (Å²) in [5, 5.41) is 11.2. The minimum absolute atomic E-state index is 0.0221. The Bertz CT molecular complexity index is 956. The van der Waals surface area contributed by atoms with Gasteiger partial charge in [-0.25, -0.2) is 12.7 Å². The molecular formula is C17H17N3O4S2. The highest BCUT2D eigenvalue weighted by molar-refractivity contribution is 8.14. The van der Waals surface area contributed by atoms with Gasteiger partial charge in [-0.3, -0.25) is 15.1 Å². The van der Waals surface area contributed by atoms with Crippen LogP contribution in [-0.4, -0.2) is 35.9 Å². The third kappa shape index (κ3) is 3.88. The van der Waals surface area contributed by atoms with Gasteiger partial charge in [-0.1, -0.05) is 41.6 Å². The minimum atomic E-state index is -3.78. The zero-order chi connectivity index (χ0) is 18.7. The van der Waals surface area contributed by atoms with Crippen LogP contribution in [0.25, 0.3) is 0 Å². The van der Waals surface area contributed by atoms with Gasteiger partial charge in [-0.05, 0) is 24.6 Å². The number of nitrogens with zero attached hydrogens (tertiary/aromatic N) is 3. The molecule has 26 heavy (non-hydrogen) atoms. The van der Waals surface area contributed by atoms with Crippen LogP contribution in [0, 0.1) is 17.0 Å². The fourth-order valence-corrected chi connectivity index (χ4v) is 5.23. The first-order valence-corrected chi connectivity index (χ1v) is 10.3. The van der Waals surface area contributed by atoms with E-state index in [0.29, 0.717) is 17.5 Å². The Morgan fingerprint density at radius 1 is 1.23 bits per heavy atom. The second-order valence-electron chi connectivity index (χ2n) is 5.77. The standard InChI is InChI=1S/C17H17N3O4S2/c1-13-3-2-4-14(11-13)12-25-17-18-9-10-19(17)26(23,24)16-7-5-15(6-8-16)20(21)22/h2-8,11H,9-10,12H2,1H3. The molecule has 0 aliphatic carbocycles. The number of aryl methyl sites for hydroxylation is 1. The second-order valence-corrected chi connectivity index (χ2v) is 8.58. The van der Waals surface area contributed by atoms with Crippen molar-refractivity contribution >= 4 is 32.6 Å². The van der Waals surface area contributed by atoms with Gasteiger partial charge in [-0.15, -0.1) is 0 Å². The van der Waals surface area contributed by atoms with Crippen LogP contribution in [-0.2, 0) is 15.8 Å². The summed E-state index contributed by atoms with van der Waals surface area (Å²) >= 11 is 1.37. The molecule has 0 amide bonds. The Morgan fingerprint density at radius 2 is 1.96 bits per heavy atom. The van der Waals surface area contributed by atoms with Crippen LogP contribution in [0.3, 0.4) is 0 Å². The molecule has 1 aliphatic heterocycles. The van der Waals surface area contributed by atoms with E-state index in [-0.39, 0.29) is 17.1 Å². The van der Waals surface area contributed by atoms with Crippen molar-refractivity contribution in [3.8, 4) is 0 Å². The first kappa shape index (κ1) is 18.4. The van der Waals surface area contributed by atoms with Crippen molar-refractivity contribution < 1.29 is 13.3 Å². The predicted molar refractivity (Wildman–Crippen MR) is 102 cm³/mol. The number of rotatable bonds is 5. The van der Waals surface area contributed by atoms with E-state index < -0.39 is 14.9 Å². The molecule has 0 aromatic heterocycles. The summed E-state index contributed by atoms with van der Waals surface area (Å²) in [5.41, 5.74) is 2.09. The molecule has 3 rings (SSSR count). The number of hydrogen-bond donors (Lipinski definition) is 0. The average Bonchev–Trinajstić information content (AvgIpc) is 3.09. The van der Waals surface area contributed by atoms with Gasteiger partial charge in [-0.2, -0.15) is 0 Å². The number of nitro benzene ring substituents is 1. The summed E-state index contributed by atoms with van der Waals surface area (Å²) < 4.78 is 27.0. The summed E-state index contributed by atoms with van der Waals surface area (Å²) in [7, 11) is -3.78. The normalized spacial score (nSPS) is 14.3. The summed E-state index contributed by atoms with van der Waals surface area (Å²) in [6, 6.07) is 12.9. The van der Waals surface area contributed by atoms with E-state index in [1.54, 1.807) is 0 Å². The molecule has 0 bridgehead atoms. The molecule has 1 heterocycles. The van der Waals surface area contributed by atoms with E-state index >= 15 is 0 Å². The average molecular weight is 391 g/mol. The lowest BCUT2D eigenvalue weighted by molar-refractivity contribution is -0.384. The summed E-state index contributed by atoms with van der Waals surface area (Å²) in [6.45, 7) is 2.68. The van der Waals surface area contributed by atoms with E-state index in [1.165, 1.54) is 40.3 Å². The highest BCUT2D eigenvalue weighted by Gasteiger charge is 2.31. The Hall–Kier alpha value is -2.39. The summed E-state index contributed by atoms with van der Waals surface area (Å²) in [5.74, 6) is 0.618. The Morgan fingerprint density at radius 3 is 2.62 bits per heavy atom. The monoisotopic (exact) mass is 391 g/mol. The number of hydrogen-bond acceptors (Lipinski definition) is 6. The van der Waals surface area contributed by atoms with Gasteiger partial charge in [0.15, 0.2) is 5.17 Å². The molecule has 0 radical (unpaired) electrons. The number of thioether (sulfide) groups is 1. The van der Waals surface area contributed by atoms with Gasteiger partial charge in [0.25, 0.3) is 15.7 Å². The predicted octanol–water partition coefficient (Wildman–Crippen LogP) is 3.20. The number of amidine groups is 1. The zero-order valence-corrected chi connectivity index (χ0v) is 15.7. The molecule has 0 fully saturated rings. The highest BCUT2D eigenvalue weighted by Crippen LogP contribution is 2.27. The highest BCUT2D eigenvalue weighted by atomic mass is 32.2. The number of aliphatic imine (C=N–C) groups is 1. The van der Waals surface area contributed by atoms with Crippen LogP contribution in [0.4, 0.5) is 5.69 Å². The maximum atomic E-state index is 12.9. The number of nitro groups is 1. The van der Waals surface area contributed by atoms with Gasteiger partial charge in [0.05, 0.1) is 22.9 Å². The van der Waals surface area contributed by atoms with E-state index in [1.807, 2.05) is 25.1 Å². The van der Waals surface area contributed by atoms with E-state index in [9.17, 15) is 18.5 Å². The third-order valence-electron chi connectivity index (χ3n) is 3.85. The van der Waals surface area contributed by atoms with Crippen molar-refractivity contribution in [2.24, 2.45) is 4.99 Å². The van der Waals surface area contributed by atoms with E-state index in [2.05, 4.69) is 11.1 Å². The molecule has 1 aliphatic rings. The lowest BCUT2D eigenvalue weighted by atomic mass is 10.2. The van der Waals surface area contributed by atoms with Crippen molar-refractivity contribution in [3.05, 3.63) is 69.8 Å². The number of non-ortho nitro benzene ring substituents is 1. The van der Waals surface area contributed by atoms with Crippen LogP contribution < -0.4 is 0 Å². The summed E-state index contributed by atoms with van der Waals surface area (Å²) in [6.07, 6.45) is 0. The van der Waals surface area contributed by atoms with Crippen LogP contribution in [0.1, 0.15) is 11.1 Å². The quantitative estimate of drug-likeness (QED) is 0.576. The molecule has 0 saturated heterocycles. The Kier molecular flexibility index (Phi) is 5.28. The van der Waals surface area contributed by atoms with Crippen molar-refractivity contribution in [1.29, 1.82) is 0 Å². The lowest BCUT2D eigenvalue weighted by Crippen LogP contribution is -2.32. The Balaban J connectivity index is 1.76. The van der Waals surface area contributed by atoms with Gasteiger partial charge in [0.2, 0.25) is 0 Å². The van der Waals surface area contributed by atoms with E-state index in [4.69, 9.17) is 0 Å². The lowest BCUT2D eigenvalue weighted by Gasteiger charge is -2.19. The molecule has 0 spiro atoms. The summed E-state index contributed by atoms with van der Waals surface area (Å²) in [4.78, 5) is 14.5. The molecule has 2 aromatic rings. The topological polar surface area (TPSA) is 92.9 Å². The SMILES string of the molecule is Cc1cccc(CSC2=NCCN2S(=O)(=O)c2ccc([N+](=O)[O-])cc2)c1. The maximum Gasteiger partial charge on any atom is 0.269 e. The van der Waals surface area contributed by atoms with Crippen LogP contribution >= 0.6 is 11.8 Å². The fourth-order valence-electron chi connectivity index (χ4n) is 2.57. The van der Waals surface area contributed by atoms with Crippen LogP contribution in [0.2, 0.25) is 0 Å².